The first kappa shape index (κ1) is 32.2. The van der Waals surface area contributed by atoms with E-state index in [1.807, 2.05) is 57.6 Å². The summed E-state index contributed by atoms with van der Waals surface area (Å²) in [5.74, 6) is -0.517. The third-order valence-electron chi connectivity index (χ3n) is 7.01. The monoisotopic (exact) mass is 578 g/mol. The average molecular weight is 578 g/mol. The van der Waals surface area contributed by atoms with Gasteiger partial charge in [0.25, 0.3) is 5.91 Å². The Morgan fingerprint density at radius 1 is 1.05 bits per heavy atom. The van der Waals surface area contributed by atoms with Crippen molar-refractivity contribution in [2.24, 2.45) is 0 Å². The molecule has 0 saturated heterocycles. The van der Waals surface area contributed by atoms with Crippen LogP contribution < -0.4 is 15.7 Å². The van der Waals surface area contributed by atoms with Crippen molar-refractivity contribution in [2.45, 2.75) is 39.2 Å². The number of nitrogens with one attached hydrogen (secondary N) is 1. The normalized spacial score (nSPS) is 13.1. The van der Waals surface area contributed by atoms with Gasteiger partial charge < -0.3 is 33.9 Å². The summed E-state index contributed by atoms with van der Waals surface area (Å²) in [5.41, 5.74) is 4.76. The molecular formula is C31H33BF2N2O6. The molecule has 1 aromatic heterocycles. The minimum Gasteiger partial charge on any atom is -0.455 e. The molecule has 0 unspecified atom stereocenters. The number of furan rings is 1. The molecule has 1 amide bonds. The zero-order chi connectivity index (χ0) is 31.1. The van der Waals surface area contributed by atoms with Crippen molar-refractivity contribution in [1.82, 2.24) is 5.32 Å². The van der Waals surface area contributed by atoms with Crippen LogP contribution in [0.1, 0.15) is 54.1 Å². The number of nitrogens with zero attached hydrogens (tertiary/aromatic N) is 1. The van der Waals surface area contributed by atoms with Gasteiger partial charge in [-0.05, 0) is 72.4 Å². The molecule has 1 fully saturated rings. The molecule has 1 aliphatic carbocycles. The Bertz CT molecular complexity index is 1550. The Morgan fingerprint density at radius 3 is 2.29 bits per heavy atom. The van der Waals surface area contributed by atoms with Gasteiger partial charge in [-0.15, -0.1) is 0 Å². The summed E-state index contributed by atoms with van der Waals surface area (Å²) < 4.78 is 39.8. The molecule has 2 heterocycles. The van der Waals surface area contributed by atoms with Gasteiger partial charge in [0.2, 0.25) is 0 Å². The number of hydrogen-bond acceptors (Lipinski definition) is 7. The first-order valence-electron chi connectivity index (χ1n) is 13.4. The SMILES string of the molecule is C=O.C=O.CC.CNC(=O)c1c(-c2ccc(F)cc2)oc2cc(N(C)c3cc(F)c4c(c3)COB4O)c(C3CC3)cc12. The maximum atomic E-state index is 14.8. The number of carbonyl (C=O) groups excluding carboxylic acids is 3. The molecule has 0 bridgehead atoms. The van der Waals surface area contributed by atoms with Gasteiger partial charge in [-0.2, -0.15) is 0 Å². The Kier molecular flexibility index (Phi) is 10.7. The van der Waals surface area contributed by atoms with Crippen LogP contribution >= 0.6 is 0 Å². The molecular weight excluding hydrogens is 545 g/mol. The maximum Gasteiger partial charge on any atom is 0.494 e. The predicted molar refractivity (Wildman–Crippen MR) is 159 cm³/mol. The van der Waals surface area contributed by atoms with E-state index in [9.17, 15) is 18.6 Å². The van der Waals surface area contributed by atoms with Crippen molar-refractivity contribution < 1.29 is 37.3 Å². The van der Waals surface area contributed by atoms with Gasteiger partial charge >= 0.3 is 7.12 Å². The van der Waals surface area contributed by atoms with Gasteiger partial charge in [0.1, 0.15) is 36.6 Å². The Morgan fingerprint density at radius 2 is 1.69 bits per heavy atom. The van der Waals surface area contributed by atoms with Crippen LogP contribution in [-0.2, 0) is 20.9 Å². The number of hydrogen-bond donors (Lipinski definition) is 2. The molecule has 6 rings (SSSR count). The minimum atomic E-state index is -1.26. The molecule has 0 atom stereocenters. The smallest absolute Gasteiger partial charge is 0.455 e. The molecule has 220 valence electrons. The third-order valence-corrected chi connectivity index (χ3v) is 7.01. The molecule has 2 N–H and O–H groups in total. The third kappa shape index (κ3) is 6.12. The number of carbonyl (C=O) groups is 3. The van der Waals surface area contributed by atoms with Crippen molar-refractivity contribution in [3.63, 3.8) is 0 Å². The maximum absolute atomic E-state index is 14.8. The summed E-state index contributed by atoms with van der Waals surface area (Å²) in [6.45, 7) is 8.14. The zero-order valence-corrected chi connectivity index (χ0v) is 24.0. The molecule has 1 saturated carbocycles. The fourth-order valence-corrected chi connectivity index (χ4v) is 4.96. The van der Waals surface area contributed by atoms with E-state index in [1.165, 1.54) is 18.2 Å². The van der Waals surface area contributed by atoms with Crippen LogP contribution in [0.4, 0.5) is 20.2 Å². The number of halogens is 2. The Labute approximate surface area is 243 Å². The summed E-state index contributed by atoms with van der Waals surface area (Å²) >= 11 is 0. The van der Waals surface area contributed by atoms with E-state index in [0.29, 0.717) is 45.0 Å². The first-order valence-corrected chi connectivity index (χ1v) is 13.4. The number of benzene rings is 3. The summed E-state index contributed by atoms with van der Waals surface area (Å²) in [6.07, 6.45) is 2.03. The summed E-state index contributed by atoms with van der Waals surface area (Å²) in [5, 5.41) is 13.3. The molecule has 3 aromatic carbocycles. The average Bonchev–Trinajstić information content (AvgIpc) is 3.71. The molecule has 2 aliphatic rings. The molecule has 42 heavy (non-hydrogen) atoms. The van der Waals surface area contributed by atoms with E-state index in [4.69, 9.17) is 18.7 Å². The molecule has 1 aliphatic heterocycles. The summed E-state index contributed by atoms with van der Waals surface area (Å²) in [6, 6.07) is 12.9. The standard InChI is InChI=1S/C27H23BF2N2O4.C2H6.2CH2O/c1-31-27(33)24-20-11-19(14-3-4-14)22(12-23(20)36-26(24)15-5-7-17(29)8-6-15)32(2)18-9-16-13-35-28(34)25(16)21(30)10-18;3*1-2/h5-12,14,34H,3-4,13H2,1-2H3,(H,31,33);1-2H3;2*1H2. The quantitative estimate of drug-likeness (QED) is 0.311. The molecule has 4 aromatic rings. The minimum absolute atomic E-state index is 0.137. The van der Waals surface area contributed by atoms with Crippen molar-refractivity contribution in [1.29, 1.82) is 0 Å². The Balaban J connectivity index is 0.000000760. The second-order valence-electron chi connectivity index (χ2n) is 9.30. The van der Waals surface area contributed by atoms with E-state index in [0.717, 1.165) is 24.1 Å². The number of rotatable bonds is 5. The van der Waals surface area contributed by atoms with Crippen LogP contribution in [0.3, 0.4) is 0 Å². The fraction of sp³-hybridized carbons (Fsp3) is 0.258. The largest absolute Gasteiger partial charge is 0.494 e. The topological polar surface area (TPSA) is 109 Å². The molecule has 0 spiro atoms. The van der Waals surface area contributed by atoms with Crippen LogP contribution in [0, 0.1) is 11.6 Å². The van der Waals surface area contributed by atoms with E-state index in [-0.39, 0.29) is 23.8 Å². The van der Waals surface area contributed by atoms with Crippen molar-refractivity contribution in [3.05, 3.63) is 76.9 Å². The van der Waals surface area contributed by atoms with Crippen molar-refractivity contribution in [3.8, 4) is 11.3 Å². The number of amides is 1. The van der Waals surface area contributed by atoms with E-state index in [2.05, 4.69) is 5.32 Å². The van der Waals surface area contributed by atoms with Gasteiger partial charge in [0.15, 0.2) is 0 Å². The lowest BCUT2D eigenvalue weighted by Gasteiger charge is -2.24. The van der Waals surface area contributed by atoms with Gasteiger partial charge in [-0.25, -0.2) is 8.78 Å². The first-order chi connectivity index (χ1) is 20.4. The van der Waals surface area contributed by atoms with E-state index in [1.54, 1.807) is 19.2 Å². The predicted octanol–water partition coefficient (Wildman–Crippen LogP) is 5.26. The summed E-state index contributed by atoms with van der Waals surface area (Å²) in [4.78, 5) is 30.8. The number of fused-ring (bicyclic) bond motifs is 2. The van der Waals surface area contributed by atoms with Crippen LogP contribution in [-0.4, -0.2) is 45.7 Å². The highest BCUT2D eigenvalue weighted by Gasteiger charge is 2.34. The zero-order valence-electron chi connectivity index (χ0n) is 24.0. The van der Waals surface area contributed by atoms with Crippen LogP contribution in [0.2, 0.25) is 0 Å². The van der Waals surface area contributed by atoms with Gasteiger partial charge in [-0.1, -0.05) is 13.8 Å². The van der Waals surface area contributed by atoms with Gasteiger partial charge in [-0.3, -0.25) is 4.79 Å². The van der Waals surface area contributed by atoms with Crippen molar-refractivity contribution >= 4 is 54.4 Å². The van der Waals surface area contributed by atoms with Crippen molar-refractivity contribution in [2.75, 3.05) is 19.0 Å². The lowest BCUT2D eigenvalue weighted by atomic mass is 9.79. The lowest BCUT2D eigenvalue weighted by Crippen LogP contribution is -2.31. The number of anilines is 2. The molecule has 0 radical (unpaired) electrons. The molecule has 11 heteroatoms. The van der Waals surface area contributed by atoms with E-state index >= 15 is 0 Å². The highest BCUT2D eigenvalue weighted by atomic mass is 19.1. The van der Waals surface area contributed by atoms with Gasteiger partial charge in [0, 0.05) is 47.9 Å². The van der Waals surface area contributed by atoms with Crippen LogP contribution in [0.15, 0.2) is 52.9 Å². The molecule has 8 nitrogen and oxygen atoms in total. The van der Waals surface area contributed by atoms with E-state index < -0.39 is 12.9 Å². The summed E-state index contributed by atoms with van der Waals surface area (Å²) in [7, 11) is 2.15. The lowest BCUT2D eigenvalue weighted by molar-refractivity contribution is -0.0987. The Hall–Kier alpha value is -4.35. The van der Waals surface area contributed by atoms with Crippen LogP contribution in [0.5, 0.6) is 0 Å². The van der Waals surface area contributed by atoms with Crippen LogP contribution in [0.25, 0.3) is 22.3 Å². The second kappa shape index (κ2) is 14.0. The highest BCUT2D eigenvalue weighted by Crippen LogP contribution is 2.48. The fourth-order valence-electron chi connectivity index (χ4n) is 4.96. The highest BCUT2D eigenvalue weighted by molar-refractivity contribution is 6.61. The second-order valence-corrected chi connectivity index (χ2v) is 9.30. The van der Waals surface area contributed by atoms with Gasteiger partial charge in [0.05, 0.1) is 12.2 Å².